The second-order valence-corrected chi connectivity index (χ2v) is 8.86. The number of halogens is 1. The van der Waals surface area contributed by atoms with E-state index in [9.17, 15) is 17.6 Å². The Morgan fingerprint density at radius 2 is 1.87 bits per heavy atom. The third-order valence-corrected chi connectivity index (χ3v) is 6.21. The van der Waals surface area contributed by atoms with Crippen molar-refractivity contribution < 1.29 is 17.6 Å². The summed E-state index contributed by atoms with van der Waals surface area (Å²) in [7, 11) is -3.78. The summed E-state index contributed by atoms with van der Waals surface area (Å²) in [4.78, 5) is 13.0. The van der Waals surface area contributed by atoms with Crippen molar-refractivity contribution in [1.82, 2.24) is 15.1 Å². The molecule has 0 fully saturated rings. The van der Waals surface area contributed by atoms with Crippen molar-refractivity contribution in [3.05, 3.63) is 76.9 Å². The van der Waals surface area contributed by atoms with Crippen LogP contribution in [0.5, 0.6) is 0 Å². The normalized spacial score (nSPS) is 14.4. The minimum Gasteiger partial charge on any atom is -0.344 e. The number of sulfonamides is 1. The van der Waals surface area contributed by atoms with E-state index in [2.05, 4.69) is 10.4 Å². The van der Waals surface area contributed by atoms with Gasteiger partial charge < -0.3 is 5.32 Å². The Morgan fingerprint density at radius 1 is 1.17 bits per heavy atom. The monoisotopic (exact) mass is 428 g/mol. The first-order chi connectivity index (χ1) is 14.3. The first kappa shape index (κ1) is 20.2. The highest BCUT2D eigenvalue weighted by Crippen LogP contribution is 2.29. The number of primary sulfonamides is 1. The molecule has 1 aromatic heterocycles. The van der Waals surface area contributed by atoms with Crippen molar-refractivity contribution in [1.29, 1.82) is 0 Å². The van der Waals surface area contributed by atoms with Crippen LogP contribution in [0.1, 0.15) is 46.7 Å². The fourth-order valence-corrected chi connectivity index (χ4v) is 4.25. The Kier molecular flexibility index (Phi) is 5.17. The van der Waals surface area contributed by atoms with Crippen LogP contribution < -0.4 is 10.5 Å². The molecule has 156 valence electrons. The molecule has 1 aliphatic carbocycles. The van der Waals surface area contributed by atoms with E-state index in [0.717, 1.165) is 29.7 Å². The predicted molar refractivity (Wildman–Crippen MR) is 109 cm³/mol. The number of hydrogen-bond acceptors (Lipinski definition) is 4. The molecule has 1 aliphatic rings. The molecule has 0 bridgehead atoms. The molecule has 0 spiro atoms. The van der Waals surface area contributed by atoms with Gasteiger partial charge in [0.25, 0.3) is 5.91 Å². The lowest BCUT2D eigenvalue weighted by molar-refractivity contribution is 0.0933. The maximum absolute atomic E-state index is 14.3. The number of aromatic nitrogens is 2. The third kappa shape index (κ3) is 3.73. The summed E-state index contributed by atoms with van der Waals surface area (Å²) < 4.78 is 38.6. The number of nitrogens with zero attached hydrogens (tertiary/aromatic N) is 2. The fraction of sp³-hybridized carbons (Fsp3) is 0.238. The van der Waals surface area contributed by atoms with Crippen LogP contribution in [0, 0.1) is 5.82 Å². The summed E-state index contributed by atoms with van der Waals surface area (Å²) in [6.07, 6.45) is 2.32. The molecule has 0 radical (unpaired) electrons. The van der Waals surface area contributed by atoms with Crippen molar-refractivity contribution in [3.63, 3.8) is 0 Å². The van der Waals surface area contributed by atoms with Gasteiger partial charge in [-0.2, -0.15) is 5.10 Å². The topological polar surface area (TPSA) is 107 Å². The average molecular weight is 428 g/mol. The van der Waals surface area contributed by atoms with E-state index in [1.807, 2.05) is 0 Å². The van der Waals surface area contributed by atoms with E-state index >= 15 is 0 Å². The van der Waals surface area contributed by atoms with Gasteiger partial charge in [0.2, 0.25) is 10.0 Å². The van der Waals surface area contributed by atoms with Crippen molar-refractivity contribution >= 4 is 15.9 Å². The van der Waals surface area contributed by atoms with Crippen LogP contribution in [0.2, 0.25) is 0 Å². The molecule has 4 rings (SSSR count). The van der Waals surface area contributed by atoms with Gasteiger partial charge in [0.15, 0.2) is 5.69 Å². The second-order valence-electron chi connectivity index (χ2n) is 7.30. The van der Waals surface area contributed by atoms with E-state index in [1.165, 1.54) is 22.9 Å². The summed E-state index contributed by atoms with van der Waals surface area (Å²) in [6.45, 7) is 1.79. The van der Waals surface area contributed by atoms with E-state index in [-0.39, 0.29) is 16.8 Å². The molecular formula is C21H21FN4O3S. The smallest absolute Gasteiger partial charge is 0.272 e. The van der Waals surface area contributed by atoms with Crippen LogP contribution in [0.4, 0.5) is 4.39 Å². The molecule has 3 N–H and O–H groups in total. The summed E-state index contributed by atoms with van der Waals surface area (Å²) in [6, 6.07) is 12.0. The van der Waals surface area contributed by atoms with Gasteiger partial charge in [-0.05, 0) is 56.0 Å². The number of amides is 1. The first-order valence-electron chi connectivity index (χ1n) is 9.55. The van der Waals surface area contributed by atoms with Crippen molar-refractivity contribution in [2.75, 3.05) is 0 Å². The Labute approximate surface area is 173 Å². The van der Waals surface area contributed by atoms with Crippen LogP contribution in [0.3, 0.4) is 0 Å². The zero-order valence-corrected chi connectivity index (χ0v) is 17.1. The number of para-hydroxylation sites is 1. The van der Waals surface area contributed by atoms with E-state index in [1.54, 1.807) is 37.3 Å². The van der Waals surface area contributed by atoms with Crippen LogP contribution in [0.15, 0.2) is 53.4 Å². The van der Waals surface area contributed by atoms with Gasteiger partial charge in [-0.1, -0.05) is 24.3 Å². The minimum atomic E-state index is -3.78. The highest BCUT2D eigenvalue weighted by atomic mass is 32.2. The highest BCUT2D eigenvalue weighted by Gasteiger charge is 2.28. The number of benzene rings is 2. The lowest BCUT2D eigenvalue weighted by Crippen LogP contribution is -2.28. The first-order valence-corrected chi connectivity index (χ1v) is 11.1. The molecule has 30 heavy (non-hydrogen) atoms. The van der Waals surface area contributed by atoms with Crippen LogP contribution in [-0.2, 0) is 22.9 Å². The lowest BCUT2D eigenvalue weighted by Gasteiger charge is -2.14. The van der Waals surface area contributed by atoms with E-state index in [0.29, 0.717) is 17.8 Å². The fourth-order valence-electron chi connectivity index (χ4n) is 3.74. The van der Waals surface area contributed by atoms with Gasteiger partial charge in [0.1, 0.15) is 11.5 Å². The van der Waals surface area contributed by atoms with Gasteiger partial charge in [-0.3, -0.25) is 4.79 Å². The Hall–Kier alpha value is -3.04. The summed E-state index contributed by atoms with van der Waals surface area (Å²) in [5, 5.41) is 12.4. The molecule has 7 nitrogen and oxygen atoms in total. The van der Waals surface area contributed by atoms with Crippen molar-refractivity contribution in [2.45, 2.75) is 37.1 Å². The molecule has 1 atom stereocenters. The molecule has 0 aliphatic heterocycles. The van der Waals surface area contributed by atoms with Gasteiger partial charge in [-0.25, -0.2) is 22.6 Å². The molecule has 3 aromatic rings. The number of rotatable bonds is 5. The number of fused-ring (bicyclic) bond motifs is 1. The number of carbonyl (C=O) groups is 1. The number of nitrogens with two attached hydrogens (primary N) is 1. The molecular weight excluding hydrogens is 407 g/mol. The second kappa shape index (κ2) is 7.66. The van der Waals surface area contributed by atoms with E-state index in [4.69, 9.17) is 5.14 Å². The summed E-state index contributed by atoms with van der Waals surface area (Å²) in [5.41, 5.74) is 3.03. The zero-order valence-electron chi connectivity index (χ0n) is 16.3. The van der Waals surface area contributed by atoms with Crippen LogP contribution in [-0.4, -0.2) is 24.1 Å². The number of carbonyl (C=O) groups excluding carboxylic acids is 1. The number of hydrogen-bond donors (Lipinski definition) is 2. The van der Waals surface area contributed by atoms with Gasteiger partial charge in [-0.15, -0.1) is 0 Å². The molecule has 9 heteroatoms. The Morgan fingerprint density at radius 3 is 2.53 bits per heavy atom. The summed E-state index contributed by atoms with van der Waals surface area (Å²) in [5.74, 6) is -0.753. The largest absolute Gasteiger partial charge is 0.344 e. The maximum atomic E-state index is 14.3. The van der Waals surface area contributed by atoms with Crippen molar-refractivity contribution in [3.8, 4) is 5.69 Å². The summed E-state index contributed by atoms with van der Waals surface area (Å²) >= 11 is 0. The van der Waals surface area contributed by atoms with Crippen LogP contribution >= 0.6 is 0 Å². The lowest BCUT2D eigenvalue weighted by atomic mass is 10.1. The highest BCUT2D eigenvalue weighted by molar-refractivity contribution is 7.89. The van der Waals surface area contributed by atoms with Gasteiger partial charge >= 0.3 is 0 Å². The molecule has 2 aromatic carbocycles. The number of nitrogens with one attached hydrogen (secondary N) is 1. The average Bonchev–Trinajstić information content (AvgIpc) is 3.30. The molecule has 1 heterocycles. The Bertz CT molecular complexity index is 1220. The van der Waals surface area contributed by atoms with Crippen LogP contribution in [0.25, 0.3) is 5.69 Å². The molecule has 0 saturated carbocycles. The quantitative estimate of drug-likeness (QED) is 0.651. The molecule has 1 unspecified atom stereocenters. The van der Waals surface area contributed by atoms with Gasteiger partial charge in [0, 0.05) is 11.3 Å². The SMILES string of the molecule is CC(NC(=O)c1nn(-c2ccccc2F)c2c1CCC2)c1ccc(S(N)(=O)=O)cc1. The van der Waals surface area contributed by atoms with E-state index < -0.39 is 15.8 Å². The minimum absolute atomic E-state index is 0.00577. The van der Waals surface area contributed by atoms with Crippen molar-refractivity contribution in [2.24, 2.45) is 5.14 Å². The zero-order chi connectivity index (χ0) is 21.5. The Balaban J connectivity index is 1.60. The molecule has 1 amide bonds. The third-order valence-electron chi connectivity index (χ3n) is 5.28. The molecule has 0 saturated heterocycles. The van der Waals surface area contributed by atoms with Gasteiger partial charge in [0.05, 0.1) is 10.9 Å². The predicted octanol–water partition coefficient (Wildman–Crippen LogP) is 2.64. The maximum Gasteiger partial charge on any atom is 0.272 e. The standard InChI is InChI=1S/C21H21FN4O3S/c1-13(14-9-11-15(12-10-14)30(23,28)29)24-21(27)20-16-5-4-8-18(16)26(25-20)19-7-3-2-6-17(19)22/h2-3,6-7,9-13H,4-5,8H2,1H3,(H,24,27)(H2,23,28,29).